The Bertz CT molecular complexity index is 1340. The highest BCUT2D eigenvalue weighted by Crippen LogP contribution is 2.40. The number of nitrogens with one attached hydrogen (secondary N) is 1. The normalized spacial score (nSPS) is 15.0. The minimum absolute atomic E-state index is 0.0623. The molecule has 0 saturated heterocycles. The van der Waals surface area contributed by atoms with E-state index in [4.69, 9.17) is 4.74 Å². The average Bonchev–Trinajstić information content (AvgIpc) is 3.48. The predicted octanol–water partition coefficient (Wildman–Crippen LogP) is 5.48. The molecular weight excluding hydrogens is 412 g/mol. The molecule has 33 heavy (non-hydrogen) atoms. The van der Waals surface area contributed by atoms with Crippen LogP contribution in [0.25, 0.3) is 11.3 Å². The summed E-state index contributed by atoms with van der Waals surface area (Å²) in [5, 5.41) is 23.2. The van der Waals surface area contributed by atoms with E-state index < -0.39 is 0 Å². The Balaban J connectivity index is 1.45. The third kappa shape index (κ3) is 4.03. The van der Waals surface area contributed by atoms with Gasteiger partial charge in [0.25, 0.3) is 0 Å². The Labute approximate surface area is 192 Å². The van der Waals surface area contributed by atoms with Crippen LogP contribution in [-0.2, 0) is 6.61 Å². The molecule has 4 aromatic rings. The van der Waals surface area contributed by atoms with Crippen molar-refractivity contribution in [3.05, 3.63) is 95.2 Å². The van der Waals surface area contributed by atoms with Gasteiger partial charge >= 0.3 is 0 Å². The Hall–Kier alpha value is -4.19. The summed E-state index contributed by atoms with van der Waals surface area (Å²) in [7, 11) is 0. The van der Waals surface area contributed by atoms with Crippen molar-refractivity contribution in [1.29, 1.82) is 0 Å². The number of nitrogens with zero attached hydrogens (tertiary/aromatic N) is 3. The van der Waals surface area contributed by atoms with Gasteiger partial charge in [0, 0.05) is 34.5 Å². The fourth-order valence-corrected chi connectivity index (χ4v) is 4.07. The van der Waals surface area contributed by atoms with Gasteiger partial charge in [-0.3, -0.25) is 5.10 Å². The maximum Gasteiger partial charge on any atom is 0.237 e. The minimum atomic E-state index is -0.0623. The zero-order valence-corrected chi connectivity index (χ0v) is 18.6. The summed E-state index contributed by atoms with van der Waals surface area (Å²) in [6, 6.07) is 23.7. The van der Waals surface area contributed by atoms with Crippen molar-refractivity contribution in [2.75, 3.05) is 0 Å². The topological polar surface area (TPSA) is 73.5 Å². The molecule has 2 N–H and O–H groups in total. The molecule has 1 aromatic heterocycles. The summed E-state index contributed by atoms with van der Waals surface area (Å²) in [6.45, 7) is 4.29. The second-order valence-corrected chi connectivity index (χ2v) is 8.09. The van der Waals surface area contributed by atoms with Gasteiger partial charge in [-0.1, -0.05) is 53.2 Å². The number of H-pyrrole nitrogens is 1. The van der Waals surface area contributed by atoms with Crippen LogP contribution in [0, 0.1) is 13.8 Å². The van der Waals surface area contributed by atoms with E-state index in [0.717, 1.165) is 22.5 Å². The molecule has 0 bridgehead atoms. The van der Waals surface area contributed by atoms with Gasteiger partial charge in [0.05, 0.1) is 6.21 Å². The number of hydrazone groups is 1. The van der Waals surface area contributed by atoms with Gasteiger partial charge in [-0.2, -0.15) is 5.10 Å². The van der Waals surface area contributed by atoms with Crippen LogP contribution in [0.1, 0.15) is 28.3 Å². The second-order valence-electron chi connectivity index (χ2n) is 8.09. The first-order valence-corrected chi connectivity index (χ1v) is 10.9. The van der Waals surface area contributed by atoms with Crippen molar-refractivity contribution in [3.63, 3.8) is 0 Å². The number of aromatic nitrogens is 2. The van der Waals surface area contributed by atoms with Gasteiger partial charge in [-0.25, -0.2) is 0 Å². The molecule has 0 fully saturated rings. The zero-order valence-electron chi connectivity index (χ0n) is 18.6. The molecule has 1 aliphatic heterocycles. The summed E-state index contributed by atoms with van der Waals surface area (Å²) < 4.78 is 7.84. The lowest BCUT2D eigenvalue weighted by Gasteiger charge is -2.14. The van der Waals surface area contributed by atoms with E-state index in [9.17, 15) is 5.11 Å². The Kier molecular flexibility index (Phi) is 5.48. The van der Waals surface area contributed by atoms with Gasteiger partial charge in [-0.15, -0.1) is 0 Å². The smallest absolute Gasteiger partial charge is 0.237 e. The highest BCUT2D eigenvalue weighted by molar-refractivity contribution is 5.94. The maximum absolute atomic E-state index is 11.0. The van der Waals surface area contributed by atoms with Crippen LogP contribution in [0.5, 0.6) is 11.5 Å². The van der Waals surface area contributed by atoms with Gasteiger partial charge in [0.15, 0.2) is 6.21 Å². The lowest BCUT2D eigenvalue weighted by atomic mass is 9.94. The molecule has 6 heteroatoms. The molecular formula is C27H25N4O2+. The number of hydrogen-bond donors (Lipinski definition) is 2. The summed E-state index contributed by atoms with van der Waals surface area (Å²) in [4.78, 5) is 0. The SMILES string of the molecule is Cc1[nH]nc(-c2ccc(OCc3ccccc3)c(C)c2O)c1C1C=N[N+](c2ccccc2)=C1. The van der Waals surface area contributed by atoms with Crippen molar-refractivity contribution in [1.82, 2.24) is 10.2 Å². The van der Waals surface area contributed by atoms with E-state index >= 15 is 0 Å². The number of aryl methyl sites for hydroxylation is 1. The molecule has 5 rings (SSSR count). The van der Waals surface area contributed by atoms with Gasteiger partial charge < -0.3 is 9.84 Å². The van der Waals surface area contributed by atoms with E-state index in [1.54, 1.807) is 0 Å². The molecule has 1 atom stereocenters. The molecule has 1 aliphatic rings. The van der Waals surface area contributed by atoms with Crippen LogP contribution in [0.4, 0.5) is 5.69 Å². The quantitative estimate of drug-likeness (QED) is 0.393. The highest BCUT2D eigenvalue weighted by atomic mass is 16.5. The fourth-order valence-electron chi connectivity index (χ4n) is 4.07. The summed E-state index contributed by atoms with van der Waals surface area (Å²) in [5.74, 6) is 0.758. The van der Waals surface area contributed by atoms with Crippen LogP contribution in [0.15, 0.2) is 77.9 Å². The summed E-state index contributed by atoms with van der Waals surface area (Å²) in [5.41, 5.74) is 6.07. The molecule has 0 saturated carbocycles. The first-order valence-electron chi connectivity index (χ1n) is 10.9. The van der Waals surface area contributed by atoms with E-state index in [2.05, 4.69) is 21.5 Å². The predicted molar refractivity (Wildman–Crippen MR) is 130 cm³/mol. The number of aromatic amines is 1. The summed E-state index contributed by atoms with van der Waals surface area (Å²) in [6.07, 6.45) is 3.95. The lowest BCUT2D eigenvalue weighted by molar-refractivity contribution is -0.437. The molecule has 0 aliphatic carbocycles. The number of hydrogen-bond acceptors (Lipinski definition) is 4. The van der Waals surface area contributed by atoms with Crippen LogP contribution in [0.3, 0.4) is 0 Å². The van der Waals surface area contributed by atoms with Crippen LogP contribution >= 0.6 is 0 Å². The molecule has 0 radical (unpaired) electrons. The van der Waals surface area contributed by atoms with Crippen LogP contribution in [-0.4, -0.2) is 32.4 Å². The minimum Gasteiger partial charge on any atom is -0.507 e. The number of benzene rings is 3. The molecule has 2 heterocycles. The molecule has 164 valence electrons. The van der Waals surface area contributed by atoms with Crippen molar-refractivity contribution in [2.24, 2.45) is 5.10 Å². The van der Waals surface area contributed by atoms with E-state index in [-0.39, 0.29) is 11.7 Å². The van der Waals surface area contributed by atoms with E-state index in [1.807, 2.05) is 97.5 Å². The molecule has 0 spiro atoms. The van der Waals surface area contributed by atoms with Crippen LogP contribution in [0.2, 0.25) is 0 Å². The number of ether oxygens (including phenoxy) is 1. The lowest BCUT2D eigenvalue weighted by Crippen LogP contribution is -2.04. The average molecular weight is 438 g/mol. The second kappa shape index (κ2) is 8.74. The Morgan fingerprint density at radius 1 is 0.970 bits per heavy atom. The largest absolute Gasteiger partial charge is 0.507 e. The monoisotopic (exact) mass is 437 g/mol. The standard InChI is InChI=1S/C27H24N4O2/c1-18-24(33-17-20-9-5-3-6-10-20)14-13-23(27(18)32)26-25(19(2)29-30-26)21-15-28-31(16-21)22-11-7-4-8-12-22/h3-16,21H,17H2,1-2H3,(H-,29,30,32)/p+1. The van der Waals surface area contributed by atoms with Crippen molar-refractivity contribution < 1.29 is 14.5 Å². The van der Waals surface area contributed by atoms with E-state index in [1.165, 1.54) is 0 Å². The van der Waals surface area contributed by atoms with Gasteiger partial charge in [0.2, 0.25) is 5.69 Å². The molecule has 3 aromatic carbocycles. The first kappa shape index (κ1) is 20.7. The first-order chi connectivity index (χ1) is 16.1. The van der Waals surface area contributed by atoms with Crippen molar-refractivity contribution in [2.45, 2.75) is 26.4 Å². The third-order valence-corrected chi connectivity index (χ3v) is 5.88. The molecule has 1 unspecified atom stereocenters. The highest BCUT2D eigenvalue weighted by Gasteiger charge is 2.29. The van der Waals surface area contributed by atoms with Gasteiger partial charge in [0.1, 0.15) is 29.7 Å². The maximum atomic E-state index is 11.0. The Morgan fingerprint density at radius 3 is 2.45 bits per heavy atom. The number of aromatic hydroxyl groups is 1. The van der Waals surface area contributed by atoms with Crippen LogP contribution < -0.4 is 4.74 Å². The molecule has 0 amide bonds. The Morgan fingerprint density at radius 2 is 1.70 bits per heavy atom. The number of phenols is 1. The number of phenolic OH excluding ortho intramolecular Hbond substituents is 1. The van der Waals surface area contributed by atoms with Crippen molar-refractivity contribution >= 4 is 18.1 Å². The van der Waals surface area contributed by atoms with Gasteiger partial charge in [-0.05, 0) is 36.6 Å². The fraction of sp³-hybridized carbons (Fsp3) is 0.148. The van der Waals surface area contributed by atoms with E-state index in [0.29, 0.717) is 29.2 Å². The van der Waals surface area contributed by atoms with Crippen molar-refractivity contribution in [3.8, 4) is 22.8 Å². The number of para-hydroxylation sites is 1. The third-order valence-electron chi connectivity index (χ3n) is 5.88. The number of rotatable bonds is 6. The summed E-state index contributed by atoms with van der Waals surface area (Å²) >= 11 is 0. The zero-order chi connectivity index (χ0) is 22.8. The molecule has 6 nitrogen and oxygen atoms in total.